The lowest BCUT2D eigenvalue weighted by Crippen LogP contribution is -2.26. The second-order valence-corrected chi connectivity index (χ2v) is 7.48. The molecule has 0 aliphatic carbocycles. The van der Waals surface area contributed by atoms with Gasteiger partial charge in [0.05, 0.1) is 11.6 Å². The second kappa shape index (κ2) is 10.0. The molecule has 0 spiro atoms. The number of terminal acetylenes is 1. The Labute approximate surface area is 140 Å². The molecule has 0 radical (unpaired) electrons. The lowest BCUT2D eigenvalue weighted by Gasteiger charge is -2.18. The van der Waals surface area contributed by atoms with Crippen LogP contribution in [-0.4, -0.2) is 44.4 Å². The highest BCUT2D eigenvalue weighted by Crippen LogP contribution is 2.20. The van der Waals surface area contributed by atoms with Crippen LogP contribution in [0.2, 0.25) is 4.47 Å². The van der Waals surface area contributed by atoms with Crippen LogP contribution >= 0.6 is 46.5 Å². The van der Waals surface area contributed by atoms with Crippen LogP contribution in [0.5, 0.6) is 0 Å². The summed E-state index contributed by atoms with van der Waals surface area (Å²) in [5.41, 5.74) is 0. The fourth-order valence-electron chi connectivity index (χ4n) is 1.38. The Hall–Kier alpha value is -0.790. The molecule has 21 heavy (non-hydrogen) atoms. The van der Waals surface area contributed by atoms with Crippen molar-refractivity contribution in [2.24, 2.45) is 5.10 Å². The van der Waals surface area contributed by atoms with Crippen LogP contribution in [0.15, 0.2) is 11.3 Å². The van der Waals surface area contributed by atoms with E-state index in [-0.39, 0.29) is 0 Å². The van der Waals surface area contributed by atoms with Gasteiger partial charge < -0.3 is 0 Å². The lowest BCUT2D eigenvalue weighted by molar-refractivity contribution is -0.484. The second-order valence-electron chi connectivity index (χ2n) is 3.65. The van der Waals surface area contributed by atoms with Crippen LogP contribution in [-0.2, 0) is 6.54 Å². The largest absolute Gasteiger partial charge is 0.286 e. The number of hydrazone groups is 1. The highest BCUT2D eigenvalue weighted by atomic mass is 35.5. The maximum absolute atomic E-state index is 10.3. The van der Waals surface area contributed by atoms with Gasteiger partial charge >= 0.3 is 0 Å². The maximum atomic E-state index is 10.3. The van der Waals surface area contributed by atoms with E-state index in [1.54, 1.807) is 12.5 Å². The zero-order valence-electron chi connectivity index (χ0n) is 11.2. The van der Waals surface area contributed by atoms with E-state index < -0.39 is 5.03 Å². The fraction of sp³-hybridized carbons (Fsp3) is 0.455. The van der Waals surface area contributed by atoms with Gasteiger partial charge in [0.1, 0.15) is 0 Å². The van der Waals surface area contributed by atoms with E-state index in [9.17, 15) is 10.1 Å². The molecule has 0 atom stereocenters. The SMILES string of the molecule is C#CCN(CCS/C(=N/[N+](=O)[O-])SC)Cc1cnc(Cl)s1. The third kappa shape index (κ3) is 7.68. The van der Waals surface area contributed by atoms with Gasteiger partial charge in [-0.15, -0.1) is 17.8 Å². The minimum atomic E-state index is -0.683. The molecule has 1 aromatic rings. The first kappa shape index (κ1) is 18.3. The van der Waals surface area contributed by atoms with Gasteiger partial charge in [-0.25, -0.2) is 15.1 Å². The molecule has 6 nitrogen and oxygen atoms in total. The summed E-state index contributed by atoms with van der Waals surface area (Å²) >= 11 is 9.81. The van der Waals surface area contributed by atoms with Crippen molar-refractivity contribution in [3.63, 3.8) is 0 Å². The van der Waals surface area contributed by atoms with Crippen LogP contribution in [0.1, 0.15) is 4.88 Å². The van der Waals surface area contributed by atoms with Crippen molar-refractivity contribution in [3.05, 3.63) is 25.7 Å². The van der Waals surface area contributed by atoms with Crippen molar-refractivity contribution >= 4 is 50.8 Å². The molecule has 0 saturated carbocycles. The summed E-state index contributed by atoms with van der Waals surface area (Å²) in [7, 11) is 0. The Morgan fingerprint density at radius 1 is 1.76 bits per heavy atom. The molecule has 0 aromatic carbocycles. The van der Waals surface area contributed by atoms with Gasteiger partial charge in [-0.2, -0.15) is 0 Å². The van der Waals surface area contributed by atoms with E-state index in [0.29, 0.717) is 34.2 Å². The molecule has 0 aliphatic heterocycles. The van der Waals surface area contributed by atoms with E-state index >= 15 is 0 Å². The summed E-state index contributed by atoms with van der Waals surface area (Å²) in [5.74, 6) is 3.27. The Balaban J connectivity index is 2.48. The van der Waals surface area contributed by atoms with Gasteiger partial charge in [0.15, 0.2) is 9.50 Å². The third-order valence-corrected chi connectivity index (χ3v) is 5.29. The van der Waals surface area contributed by atoms with Crippen LogP contribution in [0.25, 0.3) is 0 Å². The maximum Gasteiger partial charge on any atom is 0.203 e. The topological polar surface area (TPSA) is 71.6 Å². The monoisotopic (exact) mass is 364 g/mol. The molecule has 1 rings (SSSR count). The third-order valence-electron chi connectivity index (χ3n) is 2.19. The van der Waals surface area contributed by atoms with Crippen molar-refractivity contribution in [2.45, 2.75) is 6.54 Å². The molecule has 0 unspecified atom stereocenters. The zero-order chi connectivity index (χ0) is 15.7. The van der Waals surface area contributed by atoms with Gasteiger partial charge in [-0.05, 0) is 6.26 Å². The van der Waals surface area contributed by atoms with E-state index in [2.05, 4.69) is 20.9 Å². The van der Waals surface area contributed by atoms with E-state index in [1.807, 2.05) is 0 Å². The molecule has 114 valence electrons. The summed E-state index contributed by atoms with van der Waals surface area (Å²) in [5, 5.41) is 13.0. The molecule has 0 aliphatic rings. The summed E-state index contributed by atoms with van der Waals surface area (Å²) in [4.78, 5) is 17.4. The normalized spacial score (nSPS) is 11.6. The van der Waals surface area contributed by atoms with Crippen molar-refractivity contribution in [3.8, 4) is 12.3 Å². The number of hydrogen-bond acceptors (Lipinski definition) is 7. The van der Waals surface area contributed by atoms with Gasteiger partial charge in [-0.1, -0.05) is 41.0 Å². The summed E-state index contributed by atoms with van der Waals surface area (Å²) in [6.07, 6.45) is 8.84. The Morgan fingerprint density at radius 2 is 2.52 bits per heavy atom. The summed E-state index contributed by atoms with van der Waals surface area (Å²) in [6, 6.07) is 0. The number of hydrogen-bond donors (Lipinski definition) is 0. The average Bonchev–Trinajstić information content (AvgIpc) is 2.82. The molecule has 10 heteroatoms. The Bertz CT molecular complexity index is 544. The minimum absolute atomic E-state index is 0.432. The Kier molecular flexibility index (Phi) is 8.72. The van der Waals surface area contributed by atoms with Gasteiger partial charge in [0.2, 0.25) is 4.38 Å². The highest BCUT2D eigenvalue weighted by molar-refractivity contribution is 8.38. The van der Waals surface area contributed by atoms with E-state index in [0.717, 1.165) is 4.88 Å². The number of aromatic nitrogens is 1. The van der Waals surface area contributed by atoms with Crippen molar-refractivity contribution in [1.29, 1.82) is 0 Å². The van der Waals surface area contributed by atoms with Gasteiger partial charge in [0.25, 0.3) is 0 Å². The molecule has 0 bridgehead atoms. The standard InChI is InChI=1S/C11H13ClN4O2S3/c1-3-4-15(8-9-7-13-10(12)21-9)5-6-20-11(19-2)14-16(17)18/h1,7H,4-6,8H2,2H3/b14-11+. The van der Waals surface area contributed by atoms with E-state index in [4.69, 9.17) is 18.0 Å². The molecule has 0 fully saturated rings. The van der Waals surface area contributed by atoms with Crippen LogP contribution in [0.4, 0.5) is 0 Å². The van der Waals surface area contributed by atoms with Crippen molar-refractivity contribution < 1.29 is 5.03 Å². The Morgan fingerprint density at radius 3 is 3.05 bits per heavy atom. The van der Waals surface area contributed by atoms with Crippen LogP contribution < -0.4 is 0 Å². The number of halogens is 1. The number of thiazole rings is 1. The zero-order valence-corrected chi connectivity index (χ0v) is 14.4. The first-order valence-corrected chi connectivity index (χ1v) is 9.11. The van der Waals surface area contributed by atoms with Gasteiger partial charge in [-0.3, -0.25) is 4.90 Å². The molecule has 1 aromatic heterocycles. The highest BCUT2D eigenvalue weighted by Gasteiger charge is 2.10. The van der Waals surface area contributed by atoms with Crippen molar-refractivity contribution in [1.82, 2.24) is 9.88 Å². The predicted octanol–water partition coefficient (Wildman–Crippen LogP) is 2.88. The molecule has 1 heterocycles. The predicted molar refractivity (Wildman–Crippen MR) is 91.6 cm³/mol. The number of rotatable bonds is 7. The number of nitrogens with zero attached hydrogens (tertiary/aromatic N) is 4. The fourth-order valence-corrected chi connectivity index (χ4v) is 3.92. The molecular weight excluding hydrogens is 352 g/mol. The molecule has 0 saturated heterocycles. The summed E-state index contributed by atoms with van der Waals surface area (Å²) < 4.78 is 0.935. The average molecular weight is 365 g/mol. The van der Waals surface area contributed by atoms with E-state index in [1.165, 1.54) is 34.9 Å². The lowest BCUT2D eigenvalue weighted by atomic mass is 10.4. The first-order valence-electron chi connectivity index (χ1n) is 5.71. The smallest absolute Gasteiger partial charge is 0.203 e. The van der Waals surface area contributed by atoms with Crippen LogP contribution in [0.3, 0.4) is 0 Å². The van der Waals surface area contributed by atoms with Crippen LogP contribution in [0, 0.1) is 22.5 Å². The number of nitro groups is 1. The van der Waals surface area contributed by atoms with Gasteiger partial charge in [0, 0.05) is 29.9 Å². The molecular formula is C11H13ClN4O2S3. The number of thioether (sulfide) groups is 2. The molecule has 0 amide bonds. The first-order chi connectivity index (χ1) is 10.0. The molecule has 0 N–H and O–H groups in total. The van der Waals surface area contributed by atoms with Crippen molar-refractivity contribution in [2.75, 3.05) is 25.1 Å². The minimum Gasteiger partial charge on any atom is -0.286 e. The summed E-state index contributed by atoms with van der Waals surface area (Å²) in [6.45, 7) is 1.86. The quantitative estimate of drug-likeness (QED) is 0.243.